The molecule has 44 valence electrons. The number of rotatable bonds is 2. The van der Waals surface area contributed by atoms with Crippen molar-refractivity contribution in [2.75, 3.05) is 6.67 Å². The van der Waals surface area contributed by atoms with Gasteiger partial charge in [0.15, 0.2) is 0 Å². The Hall–Kier alpha value is 0.340. The number of alkyl halides is 3. The molecule has 0 aliphatic heterocycles. The van der Waals surface area contributed by atoms with Crippen molar-refractivity contribution >= 4 is 15.9 Å². The first-order valence-corrected chi connectivity index (χ1v) is 2.94. The Kier molecular flexibility index (Phi) is 3.52. The quantitative estimate of drug-likeness (QED) is 0.560. The van der Waals surface area contributed by atoms with E-state index in [4.69, 9.17) is 0 Å². The second-order valence-corrected chi connectivity index (χ2v) is 2.52. The summed E-state index contributed by atoms with van der Waals surface area (Å²) in [6.07, 6.45) is -1.09. The van der Waals surface area contributed by atoms with Crippen LogP contribution in [0.5, 0.6) is 0 Å². The molecule has 0 radical (unpaired) electrons. The fourth-order valence-electron chi connectivity index (χ4n) is 0.123. The lowest BCUT2D eigenvalue weighted by Gasteiger charge is -2.02. The zero-order chi connectivity index (χ0) is 5.86. The molecule has 0 aliphatic carbocycles. The molecule has 0 aromatic heterocycles. The highest BCUT2D eigenvalue weighted by molar-refractivity contribution is 9.09. The van der Waals surface area contributed by atoms with E-state index in [1.807, 2.05) is 0 Å². The van der Waals surface area contributed by atoms with Crippen molar-refractivity contribution in [1.82, 2.24) is 0 Å². The predicted molar refractivity (Wildman–Crippen MR) is 29.3 cm³/mol. The molecule has 0 rings (SSSR count). The van der Waals surface area contributed by atoms with Crippen LogP contribution in [0.25, 0.3) is 0 Å². The SMILES string of the molecule is CC(F)[C@@H](Br)CF. The van der Waals surface area contributed by atoms with Crippen LogP contribution in [0.2, 0.25) is 0 Å². The summed E-state index contributed by atoms with van der Waals surface area (Å²) >= 11 is 2.79. The molecule has 0 aliphatic rings. The van der Waals surface area contributed by atoms with E-state index in [2.05, 4.69) is 15.9 Å². The molecular weight excluding hydrogens is 166 g/mol. The molecule has 0 aromatic rings. The van der Waals surface area contributed by atoms with Gasteiger partial charge in [0, 0.05) is 0 Å². The van der Waals surface area contributed by atoms with Gasteiger partial charge in [0.2, 0.25) is 0 Å². The summed E-state index contributed by atoms with van der Waals surface area (Å²) in [6.45, 7) is 0.677. The predicted octanol–water partition coefficient (Wildman–Crippen LogP) is 2.08. The lowest BCUT2D eigenvalue weighted by atomic mass is 10.3. The van der Waals surface area contributed by atoms with Gasteiger partial charge in [-0.1, -0.05) is 15.9 Å². The van der Waals surface area contributed by atoms with Crippen LogP contribution in [-0.4, -0.2) is 17.7 Å². The minimum absolute atomic E-state index is 0.618. The second-order valence-electron chi connectivity index (χ2n) is 1.35. The molecule has 0 aromatic carbocycles. The van der Waals surface area contributed by atoms with Crippen LogP contribution in [0.3, 0.4) is 0 Å². The maximum atomic E-state index is 11.8. The van der Waals surface area contributed by atoms with Gasteiger partial charge in [-0.25, -0.2) is 8.78 Å². The van der Waals surface area contributed by atoms with Gasteiger partial charge in [0.05, 0.1) is 4.83 Å². The fraction of sp³-hybridized carbons (Fsp3) is 1.00. The molecule has 0 N–H and O–H groups in total. The molecule has 3 heteroatoms. The molecule has 1 unspecified atom stereocenters. The van der Waals surface area contributed by atoms with Crippen molar-refractivity contribution in [3.05, 3.63) is 0 Å². The average molecular weight is 173 g/mol. The molecule has 2 atom stereocenters. The first kappa shape index (κ1) is 7.34. The van der Waals surface area contributed by atoms with Crippen LogP contribution in [0.1, 0.15) is 6.92 Å². The van der Waals surface area contributed by atoms with Crippen molar-refractivity contribution < 1.29 is 8.78 Å². The normalized spacial score (nSPS) is 18.9. The molecule has 0 nitrogen and oxygen atoms in total. The average Bonchev–Trinajstić information content (AvgIpc) is 1.65. The third kappa shape index (κ3) is 2.97. The van der Waals surface area contributed by atoms with Gasteiger partial charge in [-0.2, -0.15) is 0 Å². The number of halogens is 3. The third-order valence-corrected chi connectivity index (χ3v) is 1.62. The van der Waals surface area contributed by atoms with E-state index in [0.29, 0.717) is 0 Å². The van der Waals surface area contributed by atoms with E-state index in [1.165, 1.54) is 6.92 Å². The zero-order valence-corrected chi connectivity index (χ0v) is 5.58. The summed E-state index contributed by atoms with van der Waals surface area (Å²) in [5.41, 5.74) is 0. The monoisotopic (exact) mass is 172 g/mol. The minimum Gasteiger partial charge on any atom is -0.250 e. The van der Waals surface area contributed by atoms with Gasteiger partial charge in [0.1, 0.15) is 12.8 Å². The van der Waals surface area contributed by atoms with E-state index < -0.39 is 17.7 Å². The Morgan fingerprint density at radius 3 is 2.14 bits per heavy atom. The van der Waals surface area contributed by atoms with Crippen molar-refractivity contribution in [2.45, 2.75) is 17.9 Å². The lowest BCUT2D eigenvalue weighted by Crippen LogP contribution is -2.12. The summed E-state index contributed by atoms with van der Waals surface area (Å²) in [5, 5.41) is 0. The van der Waals surface area contributed by atoms with E-state index in [-0.39, 0.29) is 0 Å². The van der Waals surface area contributed by atoms with Gasteiger partial charge in [-0.3, -0.25) is 0 Å². The van der Waals surface area contributed by atoms with E-state index in [9.17, 15) is 8.78 Å². The lowest BCUT2D eigenvalue weighted by molar-refractivity contribution is 0.318. The Balaban J connectivity index is 3.14. The van der Waals surface area contributed by atoms with Gasteiger partial charge >= 0.3 is 0 Å². The standard InChI is InChI=1S/C4H7BrF2/c1-3(7)4(5)2-6/h3-4H,2H2,1H3/t3?,4-/m0/s1. The minimum atomic E-state index is -1.09. The third-order valence-electron chi connectivity index (χ3n) is 0.646. The van der Waals surface area contributed by atoms with Crippen molar-refractivity contribution in [1.29, 1.82) is 0 Å². The molecule has 0 spiro atoms. The van der Waals surface area contributed by atoms with Gasteiger partial charge in [-0.05, 0) is 6.92 Å². The highest BCUT2D eigenvalue weighted by atomic mass is 79.9. The van der Waals surface area contributed by atoms with Crippen molar-refractivity contribution in [3.8, 4) is 0 Å². The van der Waals surface area contributed by atoms with Crippen molar-refractivity contribution in [3.63, 3.8) is 0 Å². The maximum absolute atomic E-state index is 11.8. The molecule has 0 bridgehead atoms. The fourth-order valence-corrected chi connectivity index (χ4v) is 0.123. The van der Waals surface area contributed by atoms with E-state index >= 15 is 0 Å². The van der Waals surface area contributed by atoms with Crippen LogP contribution >= 0.6 is 15.9 Å². The number of hydrogen-bond donors (Lipinski definition) is 0. The largest absolute Gasteiger partial charge is 0.250 e. The van der Waals surface area contributed by atoms with Gasteiger partial charge in [-0.15, -0.1) is 0 Å². The van der Waals surface area contributed by atoms with E-state index in [0.717, 1.165) is 0 Å². The highest BCUT2D eigenvalue weighted by Gasteiger charge is 2.10. The Labute approximate surface area is 50.0 Å². The van der Waals surface area contributed by atoms with Crippen LogP contribution in [-0.2, 0) is 0 Å². The summed E-state index contributed by atoms with van der Waals surface area (Å²) < 4.78 is 23.2. The Morgan fingerprint density at radius 2 is 2.14 bits per heavy atom. The molecule has 0 heterocycles. The molecular formula is C4H7BrF2. The van der Waals surface area contributed by atoms with E-state index in [1.54, 1.807) is 0 Å². The molecule has 0 saturated carbocycles. The van der Waals surface area contributed by atoms with Crippen LogP contribution < -0.4 is 0 Å². The summed E-state index contributed by atoms with van der Waals surface area (Å²) in [7, 11) is 0. The maximum Gasteiger partial charge on any atom is 0.112 e. The Morgan fingerprint density at radius 1 is 1.71 bits per heavy atom. The van der Waals surface area contributed by atoms with Gasteiger partial charge < -0.3 is 0 Å². The summed E-state index contributed by atoms with van der Waals surface area (Å²) in [6, 6.07) is 0. The molecule has 0 saturated heterocycles. The summed E-state index contributed by atoms with van der Waals surface area (Å²) in [4.78, 5) is -0.618. The second kappa shape index (κ2) is 3.36. The van der Waals surface area contributed by atoms with Crippen LogP contribution in [0.15, 0.2) is 0 Å². The van der Waals surface area contributed by atoms with Crippen LogP contribution in [0.4, 0.5) is 8.78 Å². The van der Waals surface area contributed by atoms with Crippen LogP contribution in [0, 0.1) is 0 Å². The summed E-state index contributed by atoms with van der Waals surface area (Å²) in [5.74, 6) is 0. The highest BCUT2D eigenvalue weighted by Crippen LogP contribution is 2.08. The van der Waals surface area contributed by atoms with Crippen molar-refractivity contribution in [2.24, 2.45) is 0 Å². The smallest absolute Gasteiger partial charge is 0.112 e. The Bertz CT molecular complexity index is 47.0. The topological polar surface area (TPSA) is 0 Å². The molecule has 0 fully saturated rings. The first-order chi connectivity index (χ1) is 3.18. The molecule has 7 heavy (non-hydrogen) atoms. The zero-order valence-electron chi connectivity index (χ0n) is 4.00. The first-order valence-electron chi connectivity index (χ1n) is 2.02. The van der Waals surface area contributed by atoms with Gasteiger partial charge in [0.25, 0.3) is 0 Å². The number of hydrogen-bond acceptors (Lipinski definition) is 0. The molecule has 0 amide bonds.